The average molecular weight is 212 g/mol. The number of phenols is 1. The van der Waals surface area contributed by atoms with Gasteiger partial charge in [0.25, 0.3) is 0 Å². The summed E-state index contributed by atoms with van der Waals surface area (Å²) >= 11 is 0. The van der Waals surface area contributed by atoms with Gasteiger partial charge in [0.15, 0.2) is 0 Å². The summed E-state index contributed by atoms with van der Waals surface area (Å²) in [6.07, 6.45) is 0. The van der Waals surface area contributed by atoms with Gasteiger partial charge in [-0.15, -0.1) is 0 Å². The van der Waals surface area contributed by atoms with Crippen LogP contribution >= 0.6 is 0 Å². The van der Waals surface area contributed by atoms with Crippen molar-refractivity contribution in [3.05, 3.63) is 27.8 Å². The van der Waals surface area contributed by atoms with Crippen LogP contribution in [0.3, 0.4) is 0 Å². The van der Waals surface area contributed by atoms with Crippen molar-refractivity contribution >= 4 is 0 Å². The molecule has 0 saturated heterocycles. The first-order valence-electron chi connectivity index (χ1n) is 4.22. The Morgan fingerprint density at radius 3 is 1.15 bits per heavy atom. The van der Waals surface area contributed by atoms with Crippen LogP contribution in [0.2, 0.25) is 0 Å². The molecule has 1 aromatic rings. The number of hydrogen-bond acceptors (Lipinski definition) is 1. The van der Waals surface area contributed by atoms with Crippen LogP contribution in [0.15, 0.2) is 0 Å². The van der Waals surface area contributed by atoms with Gasteiger partial charge in [-0.05, 0) is 62.4 Å². The molecule has 0 aliphatic rings. The molecule has 0 aliphatic heterocycles. The Hall–Kier alpha value is -0.266. The van der Waals surface area contributed by atoms with Gasteiger partial charge in [-0.1, -0.05) is 0 Å². The molecular formula is C11H16OTi. The second-order valence-corrected chi connectivity index (χ2v) is 3.47. The molecule has 0 atom stereocenters. The molecule has 1 rings (SSSR count). The van der Waals surface area contributed by atoms with Gasteiger partial charge in [0.1, 0.15) is 5.75 Å². The maximum Gasteiger partial charge on any atom is 0.121 e. The summed E-state index contributed by atoms with van der Waals surface area (Å²) in [4.78, 5) is 0. The molecule has 1 nitrogen and oxygen atoms in total. The maximum atomic E-state index is 9.69. The van der Waals surface area contributed by atoms with Crippen LogP contribution in [-0.4, -0.2) is 5.11 Å². The first-order chi connectivity index (χ1) is 5.46. The molecule has 0 aliphatic carbocycles. The third-order valence-electron chi connectivity index (χ3n) is 2.96. The average Bonchev–Trinajstić information content (AvgIpc) is 2.08. The molecule has 0 amide bonds. The van der Waals surface area contributed by atoms with E-state index >= 15 is 0 Å². The summed E-state index contributed by atoms with van der Waals surface area (Å²) < 4.78 is 0. The number of hydrogen-bond donors (Lipinski definition) is 1. The van der Waals surface area contributed by atoms with Crippen LogP contribution in [0, 0.1) is 34.6 Å². The molecule has 0 unspecified atom stereocenters. The quantitative estimate of drug-likeness (QED) is 0.655. The molecule has 0 aromatic heterocycles. The molecule has 70 valence electrons. The van der Waals surface area contributed by atoms with E-state index in [2.05, 4.69) is 20.8 Å². The van der Waals surface area contributed by atoms with Gasteiger partial charge in [0.05, 0.1) is 0 Å². The van der Waals surface area contributed by atoms with Crippen molar-refractivity contribution in [3.63, 3.8) is 0 Å². The first-order valence-corrected chi connectivity index (χ1v) is 4.22. The standard InChI is InChI=1S/C11H16O.Ti/c1-6-7(2)9(4)11(12)10(5)8(6)3;/h12H,1-5H3;. The number of aromatic hydroxyl groups is 1. The fraction of sp³-hybridized carbons (Fsp3) is 0.455. The topological polar surface area (TPSA) is 20.2 Å². The maximum absolute atomic E-state index is 9.69. The van der Waals surface area contributed by atoms with E-state index in [1.54, 1.807) is 0 Å². The van der Waals surface area contributed by atoms with Crippen molar-refractivity contribution in [2.45, 2.75) is 34.6 Å². The second-order valence-electron chi connectivity index (χ2n) is 3.47. The van der Waals surface area contributed by atoms with E-state index in [0.29, 0.717) is 5.75 Å². The summed E-state index contributed by atoms with van der Waals surface area (Å²) in [6.45, 7) is 10.1. The second kappa shape index (κ2) is 4.30. The smallest absolute Gasteiger partial charge is 0.121 e. The van der Waals surface area contributed by atoms with E-state index < -0.39 is 0 Å². The van der Waals surface area contributed by atoms with E-state index in [9.17, 15) is 5.11 Å². The monoisotopic (exact) mass is 212 g/mol. The minimum atomic E-state index is 0. The largest absolute Gasteiger partial charge is 0.507 e. The van der Waals surface area contributed by atoms with E-state index in [1.165, 1.54) is 16.7 Å². The van der Waals surface area contributed by atoms with Gasteiger partial charge >= 0.3 is 0 Å². The van der Waals surface area contributed by atoms with Crippen LogP contribution in [0.25, 0.3) is 0 Å². The molecular weight excluding hydrogens is 196 g/mol. The summed E-state index contributed by atoms with van der Waals surface area (Å²) in [6, 6.07) is 0. The van der Waals surface area contributed by atoms with Gasteiger partial charge in [-0.3, -0.25) is 0 Å². The van der Waals surface area contributed by atoms with Crippen LogP contribution in [0.1, 0.15) is 27.8 Å². The molecule has 0 spiro atoms. The van der Waals surface area contributed by atoms with Gasteiger partial charge < -0.3 is 5.11 Å². The third kappa shape index (κ3) is 1.97. The van der Waals surface area contributed by atoms with E-state index in [4.69, 9.17) is 0 Å². The van der Waals surface area contributed by atoms with Crippen LogP contribution in [0.4, 0.5) is 0 Å². The van der Waals surface area contributed by atoms with Crippen molar-refractivity contribution in [1.82, 2.24) is 0 Å². The van der Waals surface area contributed by atoms with Gasteiger partial charge in [-0.25, -0.2) is 0 Å². The predicted octanol–water partition coefficient (Wildman–Crippen LogP) is 2.93. The van der Waals surface area contributed by atoms with E-state index in [1.807, 2.05) is 13.8 Å². The van der Waals surface area contributed by atoms with Gasteiger partial charge in [-0.2, -0.15) is 0 Å². The molecule has 0 fully saturated rings. The fourth-order valence-corrected chi connectivity index (χ4v) is 1.48. The Labute approximate surface area is 95.1 Å². The van der Waals surface area contributed by atoms with Crippen molar-refractivity contribution < 1.29 is 26.8 Å². The van der Waals surface area contributed by atoms with Crippen molar-refractivity contribution in [1.29, 1.82) is 0 Å². The number of rotatable bonds is 0. The van der Waals surface area contributed by atoms with Gasteiger partial charge in [0.2, 0.25) is 0 Å². The zero-order valence-electron chi connectivity index (χ0n) is 8.95. The Bertz CT molecular complexity index is 224. The minimum absolute atomic E-state index is 0. The predicted molar refractivity (Wildman–Crippen MR) is 51.8 cm³/mol. The third-order valence-corrected chi connectivity index (χ3v) is 2.96. The Balaban J connectivity index is 0.00000144. The summed E-state index contributed by atoms with van der Waals surface area (Å²) in [7, 11) is 0. The molecule has 0 heterocycles. The van der Waals surface area contributed by atoms with Crippen LogP contribution < -0.4 is 0 Å². The fourth-order valence-electron chi connectivity index (χ4n) is 1.48. The molecule has 1 aromatic carbocycles. The molecule has 2 heteroatoms. The van der Waals surface area contributed by atoms with Crippen molar-refractivity contribution in [3.8, 4) is 5.75 Å². The van der Waals surface area contributed by atoms with Gasteiger partial charge in [0, 0.05) is 21.7 Å². The Morgan fingerprint density at radius 1 is 0.615 bits per heavy atom. The van der Waals surface area contributed by atoms with Crippen LogP contribution in [0.5, 0.6) is 5.75 Å². The normalized spacial score (nSPS) is 9.62. The van der Waals surface area contributed by atoms with Crippen molar-refractivity contribution in [2.75, 3.05) is 0 Å². The zero-order chi connectivity index (χ0) is 9.46. The Morgan fingerprint density at radius 2 is 0.846 bits per heavy atom. The summed E-state index contributed by atoms with van der Waals surface area (Å²) in [5, 5.41) is 9.69. The molecule has 0 saturated carbocycles. The Kier molecular flexibility index (Phi) is 4.21. The van der Waals surface area contributed by atoms with Crippen molar-refractivity contribution in [2.24, 2.45) is 0 Å². The molecule has 0 radical (unpaired) electrons. The summed E-state index contributed by atoms with van der Waals surface area (Å²) in [5.41, 5.74) is 5.72. The number of phenolic OH excluding ortho intramolecular Hbond substituents is 1. The zero-order valence-corrected chi connectivity index (χ0v) is 10.5. The SMILES string of the molecule is Cc1c(C)c(C)c(O)c(C)c1C.[Ti]. The summed E-state index contributed by atoms with van der Waals surface area (Å²) in [5.74, 6) is 0.454. The minimum Gasteiger partial charge on any atom is -0.507 e. The number of benzene rings is 1. The molecule has 13 heavy (non-hydrogen) atoms. The van der Waals surface area contributed by atoms with Crippen LogP contribution in [-0.2, 0) is 21.7 Å². The van der Waals surface area contributed by atoms with E-state index in [0.717, 1.165) is 11.1 Å². The molecule has 1 N–H and O–H groups in total. The molecule has 0 bridgehead atoms. The first kappa shape index (κ1) is 12.7. The van der Waals surface area contributed by atoms with E-state index in [-0.39, 0.29) is 21.7 Å².